The lowest BCUT2D eigenvalue weighted by Crippen LogP contribution is -2.37. The van der Waals surface area contributed by atoms with Crippen molar-refractivity contribution in [2.75, 3.05) is 20.3 Å². The van der Waals surface area contributed by atoms with Gasteiger partial charge in [-0.05, 0) is 25.1 Å². The van der Waals surface area contributed by atoms with Crippen LogP contribution >= 0.6 is 0 Å². The van der Waals surface area contributed by atoms with Crippen molar-refractivity contribution in [3.05, 3.63) is 29.6 Å². The van der Waals surface area contributed by atoms with E-state index in [4.69, 9.17) is 10.2 Å². The highest BCUT2D eigenvalue weighted by Crippen LogP contribution is 2.21. The molecule has 1 atom stereocenters. The molecule has 1 aromatic carbocycles. The second kappa shape index (κ2) is 6.81. The Bertz CT molecular complexity index is 634. The van der Waals surface area contributed by atoms with Crippen molar-refractivity contribution in [1.82, 2.24) is 4.31 Å². The molecule has 0 amide bonds. The van der Waals surface area contributed by atoms with E-state index < -0.39 is 28.5 Å². The number of sulfonamides is 1. The Morgan fingerprint density at radius 2 is 2.05 bits per heavy atom. The summed E-state index contributed by atoms with van der Waals surface area (Å²) >= 11 is 0. The van der Waals surface area contributed by atoms with Crippen molar-refractivity contribution in [1.29, 1.82) is 0 Å². The Morgan fingerprint density at radius 1 is 1.40 bits per heavy atom. The van der Waals surface area contributed by atoms with E-state index in [1.54, 1.807) is 6.92 Å². The van der Waals surface area contributed by atoms with Gasteiger partial charge in [-0.3, -0.25) is 0 Å². The summed E-state index contributed by atoms with van der Waals surface area (Å²) in [6, 6.07) is 2.51. The molecule has 110 valence electrons. The van der Waals surface area contributed by atoms with Crippen LogP contribution in [0.25, 0.3) is 0 Å². The summed E-state index contributed by atoms with van der Waals surface area (Å²) in [6.45, 7) is 0.744. The molecule has 0 saturated heterocycles. The number of likely N-dealkylation sites (N-methyl/N-ethyl adjacent to an activating group) is 1. The molecule has 7 heteroatoms. The summed E-state index contributed by atoms with van der Waals surface area (Å²) in [4.78, 5) is -0.164. The maximum Gasteiger partial charge on any atom is 0.244 e. The molecule has 0 spiro atoms. The van der Waals surface area contributed by atoms with Crippen LogP contribution in [0.5, 0.6) is 0 Å². The molecule has 0 heterocycles. The van der Waals surface area contributed by atoms with E-state index in [-0.39, 0.29) is 17.1 Å². The highest BCUT2D eigenvalue weighted by atomic mass is 32.2. The lowest BCUT2D eigenvalue weighted by atomic mass is 10.2. The van der Waals surface area contributed by atoms with E-state index >= 15 is 0 Å². The normalized spacial score (nSPS) is 12.9. The van der Waals surface area contributed by atoms with E-state index in [2.05, 4.69) is 11.8 Å². The first-order valence-corrected chi connectivity index (χ1v) is 7.26. The fraction of sp³-hybridized carbons (Fsp3) is 0.385. The third-order valence-corrected chi connectivity index (χ3v) is 4.82. The van der Waals surface area contributed by atoms with Gasteiger partial charge in [-0.1, -0.05) is 11.8 Å². The van der Waals surface area contributed by atoms with E-state index in [1.807, 2.05) is 0 Å². The van der Waals surface area contributed by atoms with Gasteiger partial charge >= 0.3 is 0 Å². The minimum atomic E-state index is -3.91. The number of rotatable bonds is 4. The Hall–Kier alpha value is -1.46. The van der Waals surface area contributed by atoms with Crippen LogP contribution in [0.15, 0.2) is 23.1 Å². The van der Waals surface area contributed by atoms with E-state index in [1.165, 1.54) is 7.05 Å². The zero-order valence-electron chi connectivity index (χ0n) is 11.2. The van der Waals surface area contributed by atoms with Crippen molar-refractivity contribution in [2.24, 2.45) is 0 Å². The SMILES string of the molecule is CC(CO)N(C)S(=O)(=O)c1ccc(F)cc1C#CCO. The molecule has 0 fully saturated rings. The summed E-state index contributed by atoms with van der Waals surface area (Å²) in [6.07, 6.45) is 0. The molecule has 0 aliphatic heterocycles. The fourth-order valence-corrected chi connectivity index (χ4v) is 2.95. The number of benzene rings is 1. The largest absolute Gasteiger partial charge is 0.395 e. The van der Waals surface area contributed by atoms with Crippen molar-refractivity contribution in [2.45, 2.75) is 17.9 Å². The maximum atomic E-state index is 13.2. The highest BCUT2D eigenvalue weighted by molar-refractivity contribution is 7.89. The van der Waals surface area contributed by atoms with Crippen LogP contribution in [-0.2, 0) is 10.0 Å². The lowest BCUT2D eigenvalue weighted by molar-refractivity contribution is 0.214. The van der Waals surface area contributed by atoms with Crippen molar-refractivity contribution < 1.29 is 23.0 Å². The predicted octanol–water partition coefficient (Wildman–Crippen LogP) is 0.171. The Labute approximate surface area is 117 Å². The van der Waals surface area contributed by atoms with E-state index in [9.17, 15) is 12.8 Å². The third kappa shape index (κ3) is 3.55. The van der Waals surface area contributed by atoms with Gasteiger partial charge in [0.15, 0.2) is 0 Å². The molecule has 20 heavy (non-hydrogen) atoms. The smallest absolute Gasteiger partial charge is 0.244 e. The quantitative estimate of drug-likeness (QED) is 0.777. The third-order valence-electron chi connectivity index (χ3n) is 2.79. The van der Waals surface area contributed by atoms with E-state index in [0.717, 1.165) is 22.5 Å². The molecule has 0 saturated carbocycles. The molecule has 0 aliphatic rings. The highest BCUT2D eigenvalue weighted by Gasteiger charge is 2.27. The van der Waals surface area contributed by atoms with Crippen LogP contribution in [0.2, 0.25) is 0 Å². The molecular formula is C13H16FNO4S. The van der Waals surface area contributed by atoms with Crippen molar-refractivity contribution >= 4 is 10.0 Å². The average molecular weight is 301 g/mol. The molecule has 5 nitrogen and oxygen atoms in total. The van der Waals surface area contributed by atoms with Gasteiger partial charge in [-0.2, -0.15) is 4.31 Å². The summed E-state index contributed by atoms with van der Waals surface area (Å²) in [5.74, 6) is 4.09. The molecule has 1 rings (SSSR count). The molecule has 1 unspecified atom stereocenters. The van der Waals surface area contributed by atoms with Crippen LogP contribution < -0.4 is 0 Å². The molecule has 0 radical (unpaired) electrons. The number of halogens is 1. The second-order valence-corrected chi connectivity index (χ2v) is 6.12. The van der Waals surface area contributed by atoms with Gasteiger partial charge in [0.05, 0.1) is 11.5 Å². The van der Waals surface area contributed by atoms with Crippen LogP contribution in [0, 0.1) is 17.7 Å². The van der Waals surface area contributed by atoms with Gasteiger partial charge in [-0.25, -0.2) is 12.8 Å². The lowest BCUT2D eigenvalue weighted by Gasteiger charge is -2.23. The Morgan fingerprint density at radius 3 is 2.60 bits per heavy atom. The number of aliphatic hydroxyl groups excluding tert-OH is 2. The van der Waals surface area contributed by atoms with Crippen LogP contribution in [0.3, 0.4) is 0 Å². The average Bonchev–Trinajstić information content (AvgIpc) is 2.43. The molecule has 1 aromatic rings. The zero-order chi connectivity index (χ0) is 15.3. The Kier molecular flexibility index (Phi) is 5.65. The van der Waals surface area contributed by atoms with Gasteiger partial charge in [-0.15, -0.1) is 0 Å². The van der Waals surface area contributed by atoms with E-state index in [0.29, 0.717) is 0 Å². The number of hydrogen-bond donors (Lipinski definition) is 2. The van der Waals surface area contributed by atoms with Crippen LogP contribution in [0.1, 0.15) is 12.5 Å². The van der Waals surface area contributed by atoms with Crippen molar-refractivity contribution in [3.8, 4) is 11.8 Å². The van der Waals surface area contributed by atoms with Gasteiger partial charge in [0.25, 0.3) is 0 Å². The van der Waals surface area contributed by atoms with Gasteiger partial charge in [0, 0.05) is 18.7 Å². The standard InChI is InChI=1S/C13H16FNO4S/c1-10(9-17)15(2)20(18,19)13-6-5-12(14)8-11(13)4-3-7-16/h5-6,8,10,16-17H,7,9H2,1-2H3. The monoisotopic (exact) mass is 301 g/mol. The second-order valence-electron chi connectivity index (χ2n) is 4.15. The molecular weight excluding hydrogens is 285 g/mol. The summed E-state index contributed by atoms with van der Waals surface area (Å²) < 4.78 is 39.0. The summed E-state index contributed by atoms with van der Waals surface area (Å²) in [7, 11) is -2.58. The first-order chi connectivity index (χ1) is 9.34. The topological polar surface area (TPSA) is 77.8 Å². The Balaban J connectivity index is 3.38. The molecule has 2 N–H and O–H groups in total. The first kappa shape index (κ1) is 16.6. The first-order valence-electron chi connectivity index (χ1n) is 5.82. The zero-order valence-corrected chi connectivity index (χ0v) is 12.0. The molecule has 0 bridgehead atoms. The predicted molar refractivity (Wildman–Crippen MR) is 71.9 cm³/mol. The van der Waals surface area contributed by atoms with Crippen LogP contribution in [-0.4, -0.2) is 49.2 Å². The van der Waals surface area contributed by atoms with Gasteiger partial charge in [0.2, 0.25) is 10.0 Å². The minimum Gasteiger partial charge on any atom is -0.395 e. The fourth-order valence-electron chi connectivity index (χ4n) is 1.47. The number of hydrogen-bond acceptors (Lipinski definition) is 4. The molecule has 0 aromatic heterocycles. The number of nitrogens with zero attached hydrogens (tertiary/aromatic N) is 1. The summed E-state index contributed by atoms with van der Waals surface area (Å²) in [5, 5.41) is 17.7. The van der Waals surface area contributed by atoms with Crippen LogP contribution in [0.4, 0.5) is 4.39 Å². The maximum absolute atomic E-state index is 13.2. The molecule has 0 aliphatic carbocycles. The minimum absolute atomic E-state index is 0.0314. The van der Waals surface area contributed by atoms with Gasteiger partial charge < -0.3 is 10.2 Å². The van der Waals surface area contributed by atoms with Crippen molar-refractivity contribution in [3.63, 3.8) is 0 Å². The van der Waals surface area contributed by atoms with Gasteiger partial charge in [0.1, 0.15) is 12.4 Å². The number of aliphatic hydroxyl groups is 2. The summed E-state index contributed by atoms with van der Waals surface area (Å²) in [5.41, 5.74) is -0.0314.